The average molecular weight is 244 g/mol. The summed E-state index contributed by atoms with van der Waals surface area (Å²) in [4.78, 5) is 2.34. The lowest BCUT2D eigenvalue weighted by Gasteiger charge is -2.28. The molecule has 0 saturated carbocycles. The van der Waals surface area contributed by atoms with Crippen LogP contribution in [0.3, 0.4) is 0 Å². The number of methoxy groups -OCH3 is 1. The number of rotatable bonds is 8. The average Bonchev–Trinajstić information content (AvgIpc) is 2.30. The topological polar surface area (TPSA) is 47.7 Å². The molecule has 1 heterocycles. The zero-order valence-electron chi connectivity index (χ0n) is 11.4. The molecule has 2 N–H and O–H groups in total. The standard InChI is InChI=1S/C13H28N2O2/c1-15(9-12-5-3-8-17-11-12)10-13(14)6-4-7-16-2/h12-13H,3-11,14H2,1-2H3. The third-order valence-electron chi connectivity index (χ3n) is 3.29. The molecule has 1 aliphatic rings. The van der Waals surface area contributed by atoms with Crippen molar-refractivity contribution in [1.29, 1.82) is 0 Å². The number of hydrogen-bond acceptors (Lipinski definition) is 4. The lowest BCUT2D eigenvalue weighted by molar-refractivity contribution is 0.0412. The number of nitrogens with zero attached hydrogens (tertiary/aromatic N) is 1. The minimum absolute atomic E-state index is 0.264. The molecule has 0 aliphatic carbocycles. The summed E-state index contributed by atoms with van der Waals surface area (Å²) in [6, 6.07) is 0.264. The highest BCUT2D eigenvalue weighted by Crippen LogP contribution is 2.14. The Labute approximate surface area is 105 Å². The number of likely N-dealkylation sites (N-methyl/N-ethyl adjacent to an activating group) is 1. The fourth-order valence-electron chi connectivity index (χ4n) is 2.45. The van der Waals surface area contributed by atoms with Crippen molar-refractivity contribution in [2.45, 2.75) is 31.7 Å². The van der Waals surface area contributed by atoms with Gasteiger partial charge in [0.25, 0.3) is 0 Å². The van der Waals surface area contributed by atoms with E-state index in [-0.39, 0.29) is 6.04 Å². The summed E-state index contributed by atoms with van der Waals surface area (Å²) in [5.41, 5.74) is 6.09. The molecular formula is C13H28N2O2. The molecule has 0 aromatic carbocycles. The van der Waals surface area contributed by atoms with Gasteiger partial charge in [-0.15, -0.1) is 0 Å². The second-order valence-electron chi connectivity index (χ2n) is 5.20. The summed E-state index contributed by atoms with van der Waals surface area (Å²) in [7, 11) is 3.89. The Balaban J connectivity index is 2.07. The normalized spacial score (nSPS) is 22.9. The molecule has 0 bridgehead atoms. The van der Waals surface area contributed by atoms with Crippen LogP contribution in [0.4, 0.5) is 0 Å². The largest absolute Gasteiger partial charge is 0.385 e. The summed E-state index contributed by atoms with van der Waals surface area (Å²) in [5, 5.41) is 0. The van der Waals surface area contributed by atoms with Gasteiger partial charge in [0.15, 0.2) is 0 Å². The first-order valence-corrected chi connectivity index (χ1v) is 6.73. The second-order valence-corrected chi connectivity index (χ2v) is 5.20. The Hall–Kier alpha value is -0.160. The van der Waals surface area contributed by atoms with Crippen molar-refractivity contribution in [3.63, 3.8) is 0 Å². The van der Waals surface area contributed by atoms with Crippen molar-refractivity contribution >= 4 is 0 Å². The predicted molar refractivity (Wildman–Crippen MR) is 70.1 cm³/mol. The molecule has 0 amide bonds. The van der Waals surface area contributed by atoms with Gasteiger partial charge in [-0.3, -0.25) is 0 Å². The molecule has 1 fully saturated rings. The Morgan fingerprint density at radius 1 is 1.53 bits per heavy atom. The van der Waals surface area contributed by atoms with Crippen LogP contribution in [0, 0.1) is 5.92 Å². The fraction of sp³-hybridized carbons (Fsp3) is 1.00. The van der Waals surface area contributed by atoms with Crippen LogP contribution >= 0.6 is 0 Å². The van der Waals surface area contributed by atoms with E-state index >= 15 is 0 Å². The van der Waals surface area contributed by atoms with E-state index < -0.39 is 0 Å². The fourth-order valence-corrected chi connectivity index (χ4v) is 2.45. The van der Waals surface area contributed by atoms with Crippen molar-refractivity contribution in [2.24, 2.45) is 11.7 Å². The van der Waals surface area contributed by atoms with Gasteiger partial charge in [0, 0.05) is 39.5 Å². The van der Waals surface area contributed by atoms with Gasteiger partial charge in [-0.05, 0) is 38.6 Å². The second kappa shape index (κ2) is 8.86. The maximum Gasteiger partial charge on any atom is 0.0506 e. The van der Waals surface area contributed by atoms with Gasteiger partial charge in [-0.25, -0.2) is 0 Å². The van der Waals surface area contributed by atoms with Crippen molar-refractivity contribution < 1.29 is 9.47 Å². The minimum atomic E-state index is 0.264. The molecule has 0 aromatic rings. The third-order valence-corrected chi connectivity index (χ3v) is 3.29. The number of nitrogens with two attached hydrogens (primary N) is 1. The third kappa shape index (κ3) is 6.99. The highest BCUT2D eigenvalue weighted by Gasteiger charge is 2.16. The van der Waals surface area contributed by atoms with Crippen LogP contribution in [-0.4, -0.2) is 58.0 Å². The van der Waals surface area contributed by atoms with E-state index in [1.165, 1.54) is 12.8 Å². The lowest BCUT2D eigenvalue weighted by atomic mass is 10.0. The molecule has 4 heteroatoms. The molecule has 102 valence electrons. The van der Waals surface area contributed by atoms with E-state index in [1.807, 2.05) is 0 Å². The van der Waals surface area contributed by atoms with Crippen LogP contribution in [0.5, 0.6) is 0 Å². The van der Waals surface area contributed by atoms with Crippen molar-refractivity contribution in [1.82, 2.24) is 4.90 Å². The Morgan fingerprint density at radius 2 is 2.35 bits per heavy atom. The molecule has 2 unspecified atom stereocenters. The molecule has 0 radical (unpaired) electrons. The smallest absolute Gasteiger partial charge is 0.0506 e. The van der Waals surface area contributed by atoms with Gasteiger partial charge in [-0.1, -0.05) is 0 Å². The molecule has 2 atom stereocenters. The zero-order valence-corrected chi connectivity index (χ0v) is 11.4. The van der Waals surface area contributed by atoms with Crippen LogP contribution in [-0.2, 0) is 9.47 Å². The van der Waals surface area contributed by atoms with Crippen LogP contribution < -0.4 is 5.73 Å². The highest BCUT2D eigenvalue weighted by atomic mass is 16.5. The summed E-state index contributed by atoms with van der Waals surface area (Å²) >= 11 is 0. The number of ether oxygens (including phenoxy) is 2. The maximum absolute atomic E-state index is 6.09. The van der Waals surface area contributed by atoms with Gasteiger partial charge in [-0.2, -0.15) is 0 Å². The van der Waals surface area contributed by atoms with Crippen LogP contribution in [0.25, 0.3) is 0 Å². The van der Waals surface area contributed by atoms with E-state index in [0.717, 1.165) is 45.8 Å². The van der Waals surface area contributed by atoms with E-state index in [4.69, 9.17) is 15.2 Å². The monoisotopic (exact) mass is 244 g/mol. The molecule has 1 aliphatic heterocycles. The van der Waals surface area contributed by atoms with Crippen LogP contribution in [0.1, 0.15) is 25.7 Å². The van der Waals surface area contributed by atoms with Gasteiger partial charge in [0.05, 0.1) is 6.61 Å². The highest BCUT2D eigenvalue weighted by molar-refractivity contribution is 4.71. The Morgan fingerprint density at radius 3 is 3.00 bits per heavy atom. The quantitative estimate of drug-likeness (QED) is 0.650. The van der Waals surface area contributed by atoms with E-state index in [1.54, 1.807) is 7.11 Å². The van der Waals surface area contributed by atoms with Gasteiger partial charge in [0.1, 0.15) is 0 Å². The first kappa shape index (κ1) is 14.9. The van der Waals surface area contributed by atoms with Gasteiger partial charge >= 0.3 is 0 Å². The molecule has 17 heavy (non-hydrogen) atoms. The molecule has 0 spiro atoms. The minimum Gasteiger partial charge on any atom is -0.385 e. The first-order valence-electron chi connectivity index (χ1n) is 6.73. The molecule has 1 saturated heterocycles. The summed E-state index contributed by atoms with van der Waals surface area (Å²) < 4.78 is 10.5. The molecule has 0 aromatic heterocycles. The maximum atomic E-state index is 6.09. The summed E-state index contributed by atoms with van der Waals surface area (Å²) in [5.74, 6) is 0.694. The summed E-state index contributed by atoms with van der Waals surface area (Å²) in [6.45, 7) is 4.76. The summed E-state index contributed by atoms with van der Waals surface area (Å²) in [6.07, 6.45) is 4.60. The van der Waals surface area contributed by atoms with Gasteiger partial charge < -0.3 is 20.1 Å². The van der Waals surface area contributed by atoms with Crippen LogP contribution in [0.2, 0.25) is 0 Å². The number of hydrogen-bond donors (Lipinski definition) is 1. The van der Waals surface area contributed by atoms with Crippen molar-refractivity contribution in [3.05, 3.63) is 0 Å². The van der Waals surface area contributed by atoms with Crippen molar-refractivity contribution in [2.75, 3.05) is 47.1 Å². The Bertz CT molecular complexity index is 184. The van der Waals surface area contributed by atoms with Gasteiger partial charge in [0.2, 0.25) is 0 Å². The van der Waals surface area contributed by atoms with Crippen LogP contribution in [0.15, 0.2) is 0 Å². The lowest BCUT2D eigenvalue weighted by Crippen LogP contribution is -2.39. The predicted octanol–water partition coefficient (Wildman–Crippen LogP) is 1.10. The SMILES string of the molecule is COCCCC(N)CN(C)CC1CCCOC1. The van der Waals surface area contributed by atoms with Crippen molar-refractivity contribution in [3.8, 4) is 0 Å². The molecular weight excluding hydrogens is 216 g/mol. The zero-order chi connectivity index (χ0) is 12.5. The van der Waals surface area contributed by atoms with E-state index in [0.29, 0.717) is 5.92 Å². The molecule has 1 rings (SSSR count). The van der Waals surface area contributed by atoms with E-state index in [9.17, 15) is 0 Å². The molecule has 4 nitrogen and oxygen atoms in total. The first-order chi connectivity index (χ1) is 8.22. The van der Waals surface area contributed by atoms with E-state index in [2.05, 4.69) is 11.9 Å². The Kier molecular flexibility index (Phi) is 7.77.